The Morgan fingerprint density at radius 2 is 2.14 bits per heavy atom. The van der Waals surface area contributed by atoms with Crippen LogP contribution in [0.15, 0.2) is 23.1 Å². The highest BCUT2D eigenvalue weighted by Crippen LogP contribution is 2.15. The van der Waals surface area contributed by atoms with Crippen LogP contribution >= 0.6 is 0 Å². The van der Waals surface area contributed by atoms with Gasteiger partial charge < -0.3 is 10.6 Å². The van der Waals surface area contributed by atoms with Crippen molar-refractivity contribution >= 4 is 10.0 Å². The second kappa shape index (κ2) is 8.10. The summed E-state index contributed by atoms with van der Waals surface area (Å²) in [4.78, 5) is 1.57. The molecule has 0 fully saturated rings. The Balaban J connectivity index is 2.84. The molecule has 5 nitrogen and oxygen atoms in total. The number of hydrogen-bond donors (Lipinski definition) is 2. The number of benzene rings is 1. The summed E-state index contributed by atoms with van der Waals surface area (Å²) in [5.41, 5.74) is 5.62. The topological polar surface area (TPSA) is 75.4 Å². The molecule has 0 saturated carbocycles. The minimum Gasteiger partial charge on any atom is -0.320 e. The summed E-state index contributed by atoms with van der Waals surface area (Å²) in [6.45, 7) is 3.71. The van der Waals surface area contributed by atoms with E-state index in [1.807, 2.05) is 18.9 Å². The molecule has 3 N–H and O–H groups in total. The largest absolute Gasteiger partial charge is 0.320 e. The van der Waals surface area contributed by atoms with Gasteiger partial charge in [-0.25, -0.2) is 17.5 Å². The number of nitrogens with zero attached hydrogens (tertiary/aromatic N) is 1. The summed E-state index contributed by atoms with van der Waals surface area (Å²) in [6, 6.07) is 3.76. The van der Waals surface area contributed by atoms with Crippen molar-refractivity contribution in [2.75, 3.05) is 33.2 Å². The zero-order valence-electron chi connectivity index (χ0n) is 12.2. The molecule has 0 atom stereocenters. The molecule has 0 saturated heterocycles. The smallest absolute Gasteiger partial charge is 0.243 e. The van der Waals surface area contributed by atoms with Gasteiger partial charge in [-0.05, 0) is 31.8 Å². The Labute approximate surface area is 125 Å². The number of hydrogen-bond acceptors (Lipinski definition) is 4. The summed E-state index contributed by atoms with van der Waals surface area (Å²) >= 11 is 0. The molecule has 21 heavy (non-hydrogen) atoms. The van der Waals surface area contributed by atoms with E-state index in [4.69, 9.17) is 5.73 Å². The first kappa shape index (κ1) is 17.6. The lowest BCUT2D eigenvalue weighted by Gasteiger charge is -2.14. The highest BCUT2D eigenvalue weighted by Gasteiger charge is 2.18. The Bertz CT molecular complexity index is 635. The highest BCUT2D eigenvalue weighted by molar-refractivity contribution is 7.89. The first-order chi connectivity index (χ1) is 9.90. The van der Waals surface area contributed by atoms with Crippen LogP contribution in [0.2, 0.25) is 0 Å². The van der Waals surface area contributed by atoms with Crippen LogP contribution in [0.5, 0.6) is 0 Å². The van der Waals surface area contributed by atoms with Crippen LogP contribution in [0.25, 0.3) is 0 Å². The minimum absolute atomic E-state index is 0.161. The molecule has 0 radical (unpaired) electrons. The third-order valence-corrected chi connectivity index (χ3v) is 4.38. The van der Waals surface area contributed by atoms with Gasteiger partial charge in [0.25, 0.3) is 0 Å². The van der Waals surface area contributed by atoms with E-state index in [1.165, 1.54) is 12.1 Å². The van der Waals surface area contributed by atoms with Gasteiger partial charge >= 0.3 is 0 Å². The van der Waals surface area contributed by atoms with Crippen molar-refractivity contribution in [1.29, 1.82) is 0 Å². The fourth-order valence-corrected chi connectivity index (χ4v) is 2.63. The lowest BCUT2D eigenvalue weighted by molar-refractivity contribution is 0.358. The maximum Gasteiger partial charge on any atom is 0.243 e. The zero-order valence-corrected chi connectivity index (χ0v) is 13.0. The van der Waals surface area contributed by atoms with Crippen molar-refractivity contribution < 1.29 is 12.8 Å². The maximum absolute atomic E-state index is 13.9. The molecule has 0 aliphatic carbocycles. The van der Waals surface area contributed by atoms with E-state index in [0.717, 1.165) is 12.6 Å². The minimum atomic E-state index is -3.86. The van der Waals surface area contributed by atoms with Crippen LogP contribution in [0.1, 0.15) is 12.5 Å². The number of nitrogens with two attached hydrogens (primary N) is 1. The van der Waals surface area contributed by atoms with Crippen LogP contribution in [0.4, 0.5) is 4.39 Å². The number of nitrogens with one attached hydrogen (secondary N) is 1. The van der Waals surface area contributed by atoms with E-state index >= 15 is 0 Å². The van der Waals surface area contributed by atoms with Crippen molar-refractivity contribution in [3.8, 4) is 11.8 Å². The predicted octanol–water partition coefficient (Wildman–Crippen LogP) is 0.366. The molecule has 0 heterocycles. The van der Waals surface area contributed by atoms with Crippen LogP contribution < -0.4 is 10.5 Å². The lowest BCUT2D eigenvalue weighted by Crippen LogP contribution is -2.33. The van der Waals surface area contributed by atoms with Crippen LogP contribution in [0.3, 0.4) is 0 Å². The molecule has 0 aromatic heterocycles. The summed E-state index contributed by atoms with van der Waals surface area (Å²) in [5.74, 6) is 4.41. The summed E-state index contributed by atoms with van der Waals surface area (Å²) in [7, 11) is -1.98. The summed E-state index contributed by atoms with van der Waals surface area (Å²) < 4.78 is 40.3. The van der Waals surface area contributed by atoms with Gasteiger partial charge in [0.15, 0.2) is 0 Å². The summed E-state index contributed by atoms with van der Waals surface area (Å²) in [5, 5.41) is 0. The van der Waals surface area contributed by atoms with Crippen molar-refractivity contribution in [1.82, 2.24) is 9.62 Å². The molecular formula is C14H20FN3O2S. The van der Waals surface area contributed by atoms with E-state index in [9.17, 15) is 12.8 Å². The normalized spacial score (nSPS) is 11.3. The van der Waals surface area contributed by atoms with Crippen LogP contribution in [-0.4, -0.2) is 46.5 Å². The standard InChI is InChI=1S/C14H20FN3O2S/c1-3-18(2)10-9-17-21(19,20)14-7-6-12(5-4-8-16)11-13(14)15/h6-7,11,17H,3,8-10,16H2,1-2H3. The van der Waals surface area contributed by atoms with Crippen molar-refractivity contribution in [3.05, 3.63) is 29.6 Å². The van der Waals surface area contributed by atoms with Gasteiger partial charge in [0.2, 0.25) is 10.0 Å². The fraction of sp³-hybridized carbons (Fsp3) is 0.429. The van der Waals surface area contributed by atoms with E-state index in [-0.39, 0.29) is 18.0 Å². The van der Waals surface area contributed by atoms with Gasteiger partial charge in [0.1, 0.15) is 10.7 Å². The average Bonchev–Trinajstić information content (AvgIpc) is 2.44. The quantitative estimate of drug-likeness (QED) is 0.744. The van der Waals surface area contributed by atoms with Gasteiger partial charge in [-0.2, -0.15) is 0 Å². The zero-order chi connectivity index (χ0) is 15.9. The maximum atomic E-state index is 13.9. The molecule has 0 aliphatic rings. The summed E-state index contributed by atoms with van der Waals surface area (Å²) in [6.07, 6.45) is 0. The van der Waals surface area contributed by atoms with Gasteiger partial charge in [-0.3, -0.25) is 0 Å². The van der Waals surface area contributed by atoms with Crippen LogP contribution in [-0.2, 0) is 10.0 Å². The van der Waals surface area contributed by atoms with E-state index in [1.54, 1.807) is 0 Å². The molecule has 0 unspecified atom stereocenters. The molecule has 0 spiro atoms. The molecule has 0 bridgehead atoms. The SMILES string of the molecule is CCN(C)CCNS(=O)(=O)c1ccc(C#CCN)cc1F. The Kier molecular flexibility index (Phi) is 6.78. The van der Waals surface area contributed by atoms with E-state index < -0.39 is 15.8 Å². The van der Waals surface area contributed by atoms with Crippen molar-refractivity contribution in [3.63, 3.8) is 0 Å². The molecule has 1 aromatic carbocycles. The number of rotatable bonds is 6. The third-order valence-electron chi connectivity index (χ3n) is 2.88. The lowest BCUT2D eigenvalue weighted by atomic mass is 10.2. The number of likely N-dealkylation sites (N-methyl/N-ethyl adjacent to an activating group) is 1. The number of sulfonamides is 1. The van der Waals surface area contributed by atoms with Crippen molar-refractivity contribution in [2.24, 2.45) is 5.73 Å². The second-order valence-electron chi connectivity index (χ2n) is 4.44. The Hall–Kier alpha value is -1.46. The highest BCUT2D eigenvalue weighted by atomic mass is 32.2. The third kappa shape index (κ3) is 5.44. The molecule has 116 valence electrons. The van der Waals surface area contributed by atoms with E-state index in [0.29, 0.717) is 12.1 Å². The monoisotopic (exact) mass is 313 g/mol. The molecule has 1 rings (SSSR count). The Morgan fingerprint density at radius 3 is 2.71 bits per heavy atom. The average molecular weight is 313 g/mol. The van der Waals surface area contributed by atoms with Gasteiger partial charge in [0, 0.05) is 18.7 Å². The molecule has 7 heteroatoms. The molecule has 1 aromatic rings. The second-order valence-corrected chi connectivity index (χ2v) is 6.18. The molecule has 0 aliphatic heterocycles. The van der Waals surface area contributed by atoms with Crippen molar-refractivity contribution in [2.45, 2.75) is 11.8 Å². The molecular weight excluding hydrogens is 293 g/mol. The number of halogens is 1. The van der Waals surface area contributed by atoms with Gasteiger partial charge in [-0.1, -0.05) is 18.8 Å². The van der Waals surface area contributed by atoms with Gasteiger partial charge in [0.05, 0.1) is 6.54 Å². The van der Waals surface area contributed by atoms with Crippen LogP contribution in [0, 0.1) is 17.7 Å². The first-order valence-electron chi connectivity index (χ1n) is 6.57. The Morgan fingerprint density at radius 1 is 1.43 bits per heavy atom. The van der Waals surface area contributed by atoms with Gasteiger partial charge in [-0.15, -0.1) is 0 Å². The first-order valence-corrected chi connectivity index (χ1v) is 8.05. The predicted molar refractivity (Wildman–Crippen MR) is 80.7 cm³/mol. The molecule has 0 amide bonds. The fourth-order valence-electron chi connectivity index (χ4n) is 1.56. The van der Waals surface area contributed by atoms with E-state index in [2.05, 4.69) is 16.6 Å².